The van der Waals surface area contributed by atoms with Crippen LogP contribution in [0.2, 0.25) is 0 Å². The zero-order chi connectivity index (χ0) is 27.8. The average molecular weight is 529 g/mol. The first kappa shape index (κ1) is 27.0. The van der Waals surface area contributed by atoms with Crippen LogP contribution >= 0.6 is 0 Å². The van der Waals surface area contributed by atoms with Crippen LogP contribution in [0, 0.1) is 28.6 Å². The van der Waals surface area contributed by atoms with Crippen molar-refractivity contribution < 1.29 is 43.6 Å². The molecule has 0 radical (unpaired) electrons. The quantitative estimate of drug-likeness (QED) is 0.447. The molecule has 3 aliphatic carbocycles. The molecule has 9 nitrogen and oxygen atoms in total. The van der Waals surface area contributed by atoms with Crippen LogP contribution in [-0.4, -0.2) is 69.8 Å². The van der Waals surface area contributed by atoms with Crippen LogP contribution in [0.15, 0.2) is 30.3 Å². The van der Waals surface area contributed by atoms with Gasteiger partial charge in [0.25, 0.3) is 0 Å². The molecule has 2 N–H and O–H groups in total. The Balaban J connectivity index is 1.77. The van der Waals surface area contributed by atoms with E-state index in [0.29, 0.717) is 6.42 Å². The third-order valence-electron chi connectivity index (χ3n) is 10.1. The van der Waals surface area contributed by atoms with E-state index >= 15 is 0 Å². The van der Waals surface area contributed by atoms with E-state index < -0.39 is 81.6 Å². The summed E-state index contributed by atoms with van der Waals surface area (Å²) in [5.74, 6) is -5.40. The van der Waals surface area contributed by atoms with Crippen LogP contribution in [0.3, 0.4) is 0 Å². The number of aliphatic hydroxyl groups is 2. The lowest BCUT2D eigenvalue weighted by atomic mass is 9.43. The molecule has 4 aliphatic rings. The van der Waals surface area contributed by atoms with E-state index in [1.165, 1.54) is 6.92 Å². The second-order valence-corrected chi connectivity index (χ2v) is 12.4. The molecule has 2 unspecified atom stereocenters. The van der Waals surface area contributed by atoms with Crippen LogP contribution in [0.25, 0.3) is 0 Å². The van der Waals surface area contributed by atoms with Gasteiger partial charge in [0.2, 0.25) is 11.6 Å². The van der Waals surface area contributed by atoms with Crippen molar-refractivity contribution in [3.8, 4) is 0 Å². The number of benzene rings is 1. The minimum absolute atomic E-state index is 0.0722. The number of carbonyl (C=O) groups is 4. The van der Waals surface area contributed by atoms with Gasteiger partial charge >= 0.3 is 11.9 Å². The summed E-state index contributed by atoms with van der Waals surface area (Å²) in [5.41, 5.74) is -5.81. The minimum atomic E-state index is -1.94. The van der Waals surface area contributed by atoms with E-state index in [0.717, 1.165) is 0 Å². The lowest BCUT2D eigenvalue weighted by Gasteiger charge is -2.67. The Morgan fingerprint density at radius 2 is 1.76 bits per heavy atom. The van der Waals surface area contributed by atoms with Crippen molar-refractivity contribution in [3.63, 3.8) is 0 Å². The van der Waals surface area contributed by atoms with Gasteiger partial charge in [-0.25, -0.2) is 4.79 Å². The Morgan fingerprint density at radius 3 is 2.34 bits per heavy atom. The van der Waals surface area contributed by atoms with Crippen molar-refractivity contribution >= 4 is 23.5 Å². The summed E-state index contributed by atoms with van der Waals surface area (Å²) in [4.78, 5) is 54.1. The fourth-order valence-corrected chi connectivity index (χ4v) is 7.97. The highest BCUT2D eigenvalue weighted by molar-refractivity contribution is 6.40. The molecular weight excluding hydrogens is 492 g/mol. The number of ether oxygens (including phenoxy) is 3. The number of hydrogen-bond acceptors (Lipinski definition) is 9. The molecular formula is C29H36O9. The van der Waals surface area contributed by atoms with E-state index in [9.17, 15) is 29.4 Å². The molecule has 0 spiro atoms. The van der Waals surface area contributed by atoms with Crippen LogP contribution < -0.4 is 0 Å². The Hall–Kier alpha value is -2.62. The first-order valence-corrected chi connectivity index (χ1v) is 13.3. The van der Waals surface area contributed by atoms with Crippen molar-refractivity contribution in [3.05, 3.63) is 35.9 Å². The molecule has 1 aliphatic heterocycles. The van der Waals surface area contributed by atoms with E-state index in [1.54, 1.807) is 58.0 Å². The van der Waals surface area contributed by atoms with E-state index in [4.69, 9.17) is 14.2 Å². The number of carbonyl (C=O) groups excluding carboxylic acids is 4. The largest absolute Gasteiger partial charge is 0.455 e. The molecule has 0 amide bonds. The lowest BCUT2D eigenvalue weighted by molar-refractivity contribution is -0.337. The van der Waals surface area contributed by atoms with Crippen LogP contribution in [0.4, 0.5) is 0 Å². The van der Waals surface area contributed by atoms with Gasteiger partial charge in [0, 0.05) is 30.1 Å². The van der Waals surface area contributed by atoms with Crippen molar-refractivity contribution in [2.75, 3.05) is 6.61 Å². The van der Waals surface area contributed by atoms with Gasteiger partial charge in [-0.05, 0) is 30.9 Å². The van der Waals surface area contributed by atoms with Gasteiger partial charge in [0.1, 0.15) is 17.8 Å². The molecule has 206 valence electrons. The Labute approximate surface area is 221 Å². The Bertz CT molecular complexity index is 1180. The highest BCUT2D eigenvalue weighted by Crippen LogP contribution is 2.64. The highest BCUT2D eigenvalue weighted by atomic mass is 16.6. The number of ketones is 2. The van der Waals surface area contributed by atoms with Gasteiger partial charge in [0.05, 0.1) is 24.2 Å². The molecule has 1 aromatic rings. The second kappa shape index (κ2) is 8.69. The molecule has 1 heterocycles. The summed E-state index contributed by atoms with van der Waals surface area (Å²) in [5, 5.41) is 23.7. The predicted octanol–water partition coefficient (Wildman–Crippen LogP) is 2.25. The maximum Gasteiger partial charge on any atom is 0.338 e. The number of Topliss-reactive ketones (excluding diaryl/α,β-unsaturated/α-hetero) is 2. The number of aliphatic hydroxyl groups excluding tert-OH is 1. The zero-order valence-electron chi connectivity index (χ0n) is 22.4. The maximum absolute atomic E-state index is 14.2. The molecule has 38 heavy (non-hydrogen) atoms. The van der Waals surface area contributed by atoms with Gasteiger partial charge in [-0.1, -0.05) is 45.9 Å². The topological polar surface area (TPSA) is 136 Å². The molecule has 0 aromatic heterocycles. The van der Waals surface area contributed by atoms with Crippen molar-refractivity contribution in [1.82, 2.24) is 0 Å². The summed E-state index contributed by atoms with van der Waals surface area (Å²) < 4.78 is 17.9. The number of hydrogen-bond donors (Lipinski definition) is 2. The highest BCUT2D eigenvalue weighted by Gasteiger charge is 2.77. The second-order valence-electron chi connectivity index (χ2n) is 12.4. The third-order valence-corrected chi connectivity index (χ3v) is 10.1. The van der Waals surface area contributed by atoms with Gasteiger partial charge < -0.3 is 24.4 Å². The standard InChI is InChI=1S/C29H36O9/c1-15-18(31)13-29(35)24(37-25(34)17-9-7-6-8-10-17)22-27(5,23(33)21(32)20(15)26(29,3)4)12-11-19-28(22,14-36-19)38-16(2)30/h6-10,15,18-20,22,24,31,35H,11-14H2,1-5H3/t15?,18-,19+,20?,22-,24-,27+,28-,29+/m0/s1. The van der Waals surface area contributed by atoms with Crippen molar-refractivity contribution in [2.45, 2.75) is 83.4 Å². The summed E-state index contributed by atoms with van der Waals surface area (Å²) in [7, 11) is 0. The fraction of sp³-hybridized carbons (Fsp3) is 0.655. The van der Waals surface area contributed by atoms with Gasteiger partial charge in [-0.15, -0.1) is 0 Å². The van der Waals surface area contributed by atoms with Gasteiger partial charge in [-0.2, -0.15) is 0 Å². The van der Waals surface area contributed by atoms with Crippen LogP contribution in [0.1, 0.15) is 64.2 Å². The third kappa shape index (κ3) is 3.47. The normalized spacial score (nSPS) is 43.4. The molecule has 9 atom stereocenters. The van der Waals surface area contributed by atoms with Gasteiger partial charge in [-0.3, -0.25) is 14.4 Å². The maximum atomic E-state index is 14.2. The predicted molar refractivity (Wildman–Crippen MR) is 133 cm³/mol. The zero-order valence-corrected chi connectivity index (χ0v) is 22.4. The summed E-state index contributed by atoms with van der Waals surface area (Å²) in [6.45, 7) is 7.86. The van der Waals surface area contributed by atoms with Crippen molar-refractivity contribution in [2.24, 2.45) is 28.6 Å². The number of fused-ring (bicyclic) bond motifs is 5. The molecule has 1 aromatic carbocycles. The molecule has 4 fully saturated rings. The van der Waals surface area contributed by atoms with Gasteiger partial charge in [0.15, 0.2) is 5.60 Å². The Kier molecular flexibility index (Phi) is 6.17. The first-order valence-electron chi connectivity index (χ1n) is 13.3. The minimum Gasteiger partial charge on any atom is -0.455 e. The van der Waals surface area contributed by atoms with Crippen LogP contribution in [0.5, 0.6) is 0 Å². The smallest absolute Gasteiger partial charge is 0.338 e. The molecule has 3 saturated carbocycles. The van der Waals surface area contributed by atoms with E-state index in [2.05, 4.69) is 0 Å². The van der Waals surface area contributed by atoms with E-state index in [1.807, 2.05) is 0 Å². The summed E-state index contributed by atoms with van der Waals surface area (Å²) >= 11 is 0. The molecule has 1 saturated heterocycles. The van der Waals surface area contributed by atoms with E-state index in [-0.39, 0.29) is 25.0 Å². The number of rotatable bonds is 3. The molecule has 5 rings (SSSR count). The number of esters is 2. The Morgan fingerprint density at radius 1 is 1.11 bits per heavy atom. The van der Waals surface area contributed by atoms with Crippen LogP contribution in [-0.2, 0) is 28.6 Å². The SMILES string of the molecule is CC(=O)O[C@@]12CO[C@@H]1CC[C@@]1(C)C(=O)C(=O)C3C(C)[C@@H](O)C[C@@](O)([C@@H](OC(=O)c4ccccc4)[C@H]21)C3(C)C. The monoisotopic (exact) mass is 528 g/mol. The first-order chi connectivity index (χ1) is 17.7. The summed E-state index contributed by atoms with van der Waals surface area (Å²) in [6, 6.07) is 8.26. The summed E-state index contributed by atoms with van der Waals surface area (Å²) in [6.07, 6.45) is -2.76. The fourth-order valence-electron chi connectivity index (χ4n) is 7.97. The molecule has 2 bridgehead atoms. The lowest BCUT2D eigenvalue weighted by Crippen LogP contribution is -2.80. The van der Waals surface area contributed by atoms with Crippen molar-refractivity contribution in [1.29, 1.82) is 0 Å². The molecule has 9 heteroatoms. The average Bonchev–Trinajstić information content (AvgIpc) is 2.84.